The normalized spacial score (nSPS) is 11.3. The summed E-state index contributed by atoms with van der Waals surface area (Å²) >= 11 is 1.82. The Bertz CT molecular complexity index is 2700. The van der Waals surface area contributed by atoms with Crippen LogP contribution in [0.1, 0.15) is 0 Å². The second kappa shape index (κ2) is 14.0. The Hall–Kier alpha value is -7.08. The van der Waals surface area contributed by atoms with E-state index in [1.807, 2.05) is 84.1 Å². The van der Waals surface area contributed by atoms with E-state index in [-0.39, 0.29) is 0 Å². The van der Waals surface area contributed by atoms with Crippen LogP contribution in [-0.2, 0) is 0 Å². The van der Waals surface area contributed by atoms with Gasteiger partial charge < -0.3 is 0 Å². The minimum atomic E-state index is 0.633. The molecule has 10 aromatic rings. The molecule has 3 aromatic heterocycles. The minimum Gasteiger partial charge on any atom is -0.228 e. The van der Waals surface area contributed by atoms with Crippen LogP contribution in [-0.4, -0.2) is 19.9 Å². The molecule has 3 heterocycles. The predicted molar refractivity (Wildman–Crippen MR) is 229 cm³/mol. The fraction of sp³-hybridized carbons (Fsp3) is 0. The van der Waals surface area contributed by atoms with Gasteiger partial charge in [-0.2, -0.15) is 0 Å². The van der Waals surface area contributed by atoms with Crippen LogP contribution >= 0.6 is 11.3 Å². The van der Waals surface area contributed by atoms with Crippen molar-refractivity contribution in [3.05, 3.63) is 194 Å². The summed E-state index contributed by atoms with van der Waals surface area (Å²) < 4.78 is 2.52. The van der Waals surface area contributed by atoms with Crippen LogP contribution in [0.15, 0.2) is 194 Å². The van der Waals surface area contributed by atoms with Gasteiger partial charge in [0.15, 0.2) is 11.6 Å². The summed E-state index contributed by atoms with van der Waals surface area (Å²) in [4.78, 5) is 20.9. The van der Waals surface area contributed by atoms with Gasteiger partial charge in [-0.1, -0.05) is 152 Å². The largest absolute Gasteiger partial charge is 0.228 e. The summed E-state index contributed by atoms with van der Waals surface area (Å²) in [7, 11) is 0. The van der Waals surface area contributed by atoms with Gasteiger partial charge in [0.25, 0.3) is 0 Å². The Balaban J connectivity index is 1.22. The summed E-state index contributed by atoms with van der Waals surface area (Å²) in [5.41, 5.74) is 11.5. The molecule has 7 aromatic carbocycles. The summed E-state index contributed by atoms with van der Waals surface area (Å²) in [6.07, 6.45) is 0. The summed E-state index contributed by atoms with van der Waals surface area (Å²) in [5.74, 6) is 1.27. The second-order valence-corrected chi connectivity index (χ2v) is 14.6. The highest BCUT2D eigenvalue weighted by Crippen LogP contribution is 2.39. The monoisotopic (exact) mass is 720 g/mol. The number of hydrogen-bond acceptors (Lipinski definition) is 5. The van der Waals surface area contributed by atoms with Crippen LogP contribution in [0.25, 0.3) is 99.1 Å². The van der Waals surface area contributed by atoms with Crippen LogP contribution in [0.2, 0.25) is 0 Å². The molecule has 258 valence electrons. The summed E-state index contributed by atoms with van der Waals surface area (Å²) in [5, 5.41) is 2.54. The number of aromatic nitrogens is 4. The zero-order valence-electron chi connectivity index (χ0n) is 29.7. The van der Waals surface area contributed by atoms with Gasteiger partial charge in [0.1, 0.15) is 0 Å². The first-order chi connectivity index (χ1) is 27.2. The molecule has 0 amide bonds. The molecule has 0 spiro atoms. The standard InChI is InChI=1S/C50H32N4S/c1-5-15-33(16-6-1)43-31-44(34-17-7-2-8-18-34)52-49(51-43)39-27-38(37-25-26-42-41-23-13-14-24-47(41)55-48(42)30-37)28-40(29-39)50-53-45(35-19-9-3-10-20-35)32-46(54-50)36-21-11-4-12-22-36/h1-32H. The highest BCUT2D eigenvalue weighted by atomic mass is 32.1. The molecule has 0 bridgehead atoms. The zero-order valence-corrected chi connectivity index (χ0v) is 30.5. The van der Waals surface area contributed by atoms with E-state index < -0.39 is 0 Å². The van der Waals surface area contributed by atoms with E-state index in [9.17, 15) is 0 Å². The Kier molecular flexibility index (Phi) is 8.32. The van der Waals surface area contributed by atoms with Crippen molar-refractivity contribution < 1.29 is 0 Å². The smallest absolute Gasteiger partial charge is 0.160 e. The second-order valence-electron chi connectivity index (χ2n) is 13.5. The van der Waals surface area contributed by atoms with Crippen LogP contribution in [0.5, 0.6) is 0 Å². The molecule has 0 atom stereocenters. The first-order valence-corrected chi connectivity index (χ1v) is 19.1. The molecule has 0 saturated carbocycles. The molecule has 0 fully saturated rings. The molecule has 0 unspecified atom stereocenters. The molecule has 0 aliphatic rings. The molecule has 10 rings (SSSR count). The fourth-order valence-corrected chi connectivity index (χ4v) is 8.28. The zero-order chi connectivity index (χ0) is 36.6. The van der Waals surface area contributed by atoms with E-state index in [4.69, 9.17) is 19.9 Å². The van der Waals surface area contributed by atoms with E-state index in [0.717, 1.165) is 67.3 Å². The van der Waals surface area contributed by atoms with Gasteiger partial charge in [-0.3, -0.25) is 0 Å². The highest BCUT2D eigenvalue weighted by Gasteiger charge is 2.17. The van der Waals surface area contributed by atoms with Crippen molar-refractivity contribution in [2.75, 3.05) is 0 Å². The van der Waals surface area contributed by atoms with Crippen LogP contribution in [0.4, 0.5) is 0 Å². The van der Waals surface area contributed by atoms with Gasteiger partial charge in [0.05, 0.1) is 22.8 Å². The highest BCUT2D eigenvalue weighted by molar-refractivity contribution is 7.25. The van der Waals surface area contributed by atoms with E-state index in [1.165, 1.54) is 20.2 Å². The van der Waals surface area contributed by atoms with Gasteiger partial charge in [0, 0.05) is 53.6 Å². The Morgan fingerprint density at radius 2 is 0.636 bits per heavy atom. The van der Waals surface area contributed by atoms with Crippen molar-refractivity contribution in [3.63, 3.8) is 0 Å². The molecule has 0 N–H and O–H groups in total. The van der Waals surface area contributed by atoms with Crippen molar-refractivity contribution in [1.29, 1.82) is 0 Å². The molecule has 0 radical (unpaired) electrons. The van der Waals surface area contributed by atoms with E-state index in [2.05, 4.69) is 121 Å². The Labute approximate surface area is 323 Å². The number of fused-ring (bicyclic) bond motifs is 3. The maximum atomic E-state index is 5.23. The number of hydrogen-bond donors (Lipinski definition) is 0. The molecule has 5 heteroatoms. The van der Waals surface area contributed by atoms with Crippen molar-refractivity contribution >= 4 is 31.5 Å². The summed E-state index contributed by atoms with van der Waals surface area (Å²) in [6, 6.07) is 67.3. The van der Waals surface area contributed by atoms with Crippen molar-refractivity contribution in [3.8, 4) is 78.9 Å². The van der Waals surface area contributed by atoms with Gasteiger partial charge >= 0.3 is 0 Å². The molecule has 0 aliphatic heterocycles. The van der Waals surface area contributed by atoms with Crippen LogP contribution < -0.4 is 0 Å². The van der Waals surface area contributed by atoms with Gasteiger partial charge in [0.2, 0.25) is 0 Å². The lowest BCUT2D eigenvalue weighted by Crippen LogP contribution is -1.99. The first-order valence-electron chi connectivity index (χ1n) is 18.3. The molecule has 0 aliphatic carbocycles. The summed E-state index contributed by atoms with van der Waals surface area (Å²) in [6.45, 7) is 0. The number of rotatable bonds is 7. The SMILES string of the molecule is c1ccc(-c2cc(-c3ccccc3)nc(-c3cc(-c4ccc5c(c4)sc4ccccc45)cc(-c4nc(-c5ccccc5)cc(-c5ccccc5)n4)c3)n2)cc1. The molecule has 55 heavy (non-hydrogen) atoms. The Morgan fingerprint density at radius 1 is 0.255 bits per heavy atom. The van der Waals surface area contributed by atoms with E-state index in [0.29, 0.717) is 11.6 Å². The van der Waals surface area contributed by atoms with Gasteiger partial charge in [-0.05, 0) is 53.6 Å². The fourth-order valence-electron chi connectivity index (χ4n) is 7.14. The average Bonchev–Trinajstić information content (AvgIpc) is 3.65. The first kappa shape index (κ1) is 32.6. The van der Waals surface area contributed by atoms with Crippen LogP contribution in [0.3, 0.4) is 0 Å². The third-order valence-corrected chi connectivity index (χ3v) is 11.0. The van der Waals surface area contributed by atoms with Crippen LogP contribution in [0, 0.1) is 0 Å². The average molecular weight is 721 g/mol. The predicted octanol–water partition coefficient (Wildman–Crippen LogP) is 13.3. The number of thiophene rings is 1. The Morgan fingerprint density at radius 3 is 1.09 bits per heavy atom. The molecule has 0 saturated heterocycles. The van der Waals surface area contributed by atoms with Gasteiger partial charge in [-0.15, -0.1) is 11.3 Å². The number of nitrogens with zero attached hydrogens (tertiary/aromatic N) is 4. The van der Waals surface area contributed by atoms with Crippen molar-refractivity contribution in [2.24, 2.45) is 0 Å². The third-order valence-electron chi connectivity index (χ3n) is 9.89. The lowest BCUT2D eigenvalue weighted by atomic mass is 9.97. The van der Waals surface area contributed by atoms with Crippen molar-refractivity contribution in [1.82, 2.24) is 19.9 Å². The molecular formula is C50H32N4S. The molecular weight excluding hydrogens is 689 g/mol. The topological polar surface area (TPSA) is 51.6 Å². The maximum Gasteiger partial charge on any atom is 0.160 e. The lowest BCUT2D eigenvalue weighted by molar-refractivity contribution is 1.17. The quantitative estimate of drug-likeness (QED) is 0.164. The minimum absolute atomic E-state index is 0.633. The van der Waals surface area contributed by atoms with E-state index >= 15 is 0 Å². The lowest BCUT2D eigenvalue weighted by Gasteiger charge is -2.14. The van der Waals surface area contributed by atoms with E-state index in [1.54, 1.807) is 0 Å². The third kappa shape index (κ3) is 6.48. The number of benzene rings is 7. The molecule has 4 nitrogen and oxygen atoms in total. The maximum absolute atomic E-state index is 5.23. The van der Waals surface area contributed by atoms with Gasteiger partial charge in [-0.25, -0.2) is 19.9 Å². The van der Waals surface area contributed by atoms with Crippen molar-refractivity contribution in [2.45, 2.75) is 0 Å².